The van der Waals surface area contributed by atoms with E-state index in [1.54, 1.807) is 11.8 Å². The van der Waals surface area contributed by atoms with E-state index >= 15 is 0 Å². The molecule has 3 heteroatoms. The van der Waals surface area contributed by atoms with Crippen LogP contribution in [0.2, 0.25) is 0 Å². The molecule has 2 unspecified atom stereocenters. The summed E-state index contributed by atoms with van der Waals surface area (Å²) >= 11 is 1.59. The van der Waals surface area contributed by atoms with E-state index in [4.69, 9.17) is 14.2 Å². The van der Waals surface area contributed by atoms with Crippen molar-refractivity contribution in [1.82, 2.24) is 0 Å². The van der Waals surface area contributed by atoms with Gasteiger partial charge in [0.15, 0.2) is 0 Å². The van der Waals surface area contributed by atoms with Gasteiger partial charge in [-0.05, 0) is 47.6 Å². The summed E-state index contributed by atoms with van der Waals surface area (Å²) in [5, 5.41) is 0. The molecule has 0 amide bonds. The molecule has 0 aliphatic rings. The third-order valence-electron chi connectivity index (χ3n) is 2.83. The molecule has 19 heavy (non-hydrogen) atoms. The Balaban J connectivity index is 1.87. The van der Waals surface area contributed by atoms with E-state index in [0.717, 1.165) is 11.1 Å². The molecule has 100 valence electrons. The van der Waals surface area contributed by atoms with Crippen molar-refractivity contribution in [2.45, 2.75) is 12.8 Å². The second kappa shape index (κ2) is 7.10. The summed E-state index contributed by atoms with van der Waals surface area (Å²) < 4.78 is 16.3. The van der Waals surface area contributed by atoms with Gasteiger partial charge < -0.3 is 11.5 Å². The first kappa shape index (κ1) is 11.2. The summed E-state index contributed by atoms with van der Waals surface area (Å²) in [5.74, 6) is 1.24. The van der Waals surface area contributed by atoms with Crippen molar-refractivity contribution in [2.75, 3.05) is 23.0 Å². The van der Waals surface area contributed by atoms with Gasteiger partial charge in [-0.3, -0.25) is 0 Å². The van der Waals surface area contributed by atoms with Crippen LogP contribution in [0.3, 0.4) is 0 Å². The first-order valence-corrected chi connectivity index (χ1v) is 7.36. The predicted molar refractivity (Wildman–Crippen MR) is 86.4 cm³/mol. The minimum absolute atomic E-state index is 0.364. The van der Waals surface area contributed by atoms with E-state index in [9.17, 15) is 0 Å². The SMILES string of the molecule is [2H]C(CSCC([2H])c1ccccc1N)c1ccccc1N. The first-order chi connectivity index (χ1) is 10.1. The second-order valence-corrected chi connectivity index (χ2v) is 5.28. The topological polar surface area (TPSA) is 52.0 Å². The molecule has 0 radical (unpaired) electrons. The van der Waals surface area contributed by atoms with Crippen molar-refractivity contribution in [3.63, 3.8) is 0 Å². The third-order valence-corrected chi connectivity index (χ3v) is 3.64. The van der Waals surface area contributed by atoms with Crippen LogP contribution in [0.25, 0.3) is 0 Å². The van der Waals surface area contributed by atoms with E-state index < -0.39 is 0 Å². The molecule has 0 aliphatic carbocycles. The Morgan fingerprint density at radius 2 is 1.21 bits per heavy atom. The summed E-state index contributed by atoms with van der Waals surface area (Å²) in [5.41, 5.74) is 14.8. The zero-order valence-corrected chi connectivity index (χ0v) is 11.6. The van der Waals surface area contributed by atoms with Crippen LogP contribution in [0.5, 0.6) is 0 Å². The van der Waals surface area contributed by atoms with Crippen molar-refractivity contribution in [2.24, 2.45) is 0 Å². The average Bonchev–Trinajstić information content (AvgIpc) is 2.48. The highest BCUT2D eigenvalue weighted by atomic mass is 32.2. The quantitative estimate of drug-likeness (QED) is 0.794. The number of hydrogen-bond acceptors (Lipinski definition) is 3. The largest absolute Gasteiger partial charge is 0.399 e. The Morgan fingerprint density at radius 1 is 0.789 bits per heavy atom. The van der Waals surface area contributed by atoms with Crippen LogP contribution in [0.15, 0.2) is 48.5 Å². The molecule has 2 aromatic carbocycles. The Kier molecular flexibility index (Phi) is 4.20. The van der Waals surface area contributed by atoms with Crippen molar-refractivity contribution in [1.29, 1.82) is 0 Å². The zero-order valence-electron chi connectivity index (χ0n) is 12.8. The molecule has 0 aromatic heterocycles. The third kappa shape index (κ3) is 4.21. The van der Waals surface area contributed by atoms with Crippen LogP contribution in [0.4, 0.5) is 11.4 Å². The van der Waals surface area contributed by atoms with E-state index in [1.807, 2.05) is 48.5 Å². The second-order valence-electron chi connectivity index (χ2n) is 4.20. The molecule has 0 saturated carbocycles. The minimum Gasteiger partial charge on any atom is -0.399 e. The Hall–Kier alpha value is -1.61. The maximum Gasteiger partial charge on any atom is 0.0346 e. The molecule has 0 saturated heterocycles. The predicted octanol–water partition coefficient (Wildman–Crippen LogP) is 3.37. The van der Waals surface area contributed by atoms with Gasteiger partial charge in [-0.25, -0.2) is 0 Å². The lowest BCUT2D eigenvalue weighted by molar-refractivity contribution is 1.13. The van der Waals surface area contributed by atoms with Gasteiger partial charge in [0.25, 0.3) is 0 Å². The maximum atomic E-state index is 8.16. The number of para-hydroxylation sites is 2. The number of anilines is 2. The highest BCUT2D eigenvalue weighted by Gasteiger charge is 2.00. The van der Waals surface area contributed by atoms with Gasteiger partial charge in [-0.15, -0.1) is 0 Å². The number of aryl methyl sites for hydroxylation is 2. The van der Waals surface area contributed by atoms with E-state index in [2.05, 4.69) is 0 Å². The highest BCUT2D eigenvalue weighted by Crippen LogP contribution is 2.16. The van der Waals surface area contributed by atoms with Crippen LogP contribution in [0, 0.1) is 0 Å². The molecule has 0 fully saturated rings. The Bertz CT molecular complexity index is 540. The van der Waals surface area contributed by atoms with Crippen LogP contribution in [-0.2, 0) is 12.8 Å². The fraction of sp³-hybridized carbons (Fsp3) is 0.250. The Labute approximate surface area is 122 Å². The molecule has 0 aliphatic heterocycles. The van der Waals surface area contributed by atoms with Gasteiger partial charge in [0.1, 0.15) is 0 Å². The average molecular weight is 274 g/mol. The molecule has 2 nitrogen and oxygen atoms in total. The summed E-state index contributed by atoms with van der Waals surface area (Å²) in [6, 6.07) is 15.0. The molecule has 0 bridgehead atoms. The zero-order chi connectivity index (χ0) is 15.2. The number of nitrogens with two attached hydrogens (primary N) is 2. The van der Waals surface area contributed by atoms with Crippen molar-refractivity contribution in [3.05, 3.63) is 59.7 Å². The molecule has 0 spiro atoms. The molecular formula is C16H20N2S. The number of thioether (sulfide) groups is 1. The lowest BCUT2D eigenvalue weighted by Gasteiger charge is -2.06. The number of nitrogen functional groups attached to an aromatic ring is 2. The van der Waals surface area contributed by atoms with E-state index in [0.29, 0.717) is 22.9 Å². The van der Waals surface area contributed by atoms with Crippen molar-refractivity contribution in [3.8, 4) is 0 Å². The summed E-state index contributed by atoms with van der Waals surface area (Å²) in [7, 11) is 0. The van der Waals surface area contributed by atoms with Gasteiger partial charge in [0.2, 0.25) is 0 Å². The smallest absolute Gasteiger partial charge is 0.0346 e. The lowest BCUT2D eigenvalue weighted by Crippen LogP contribution is -1.98. The summed E-state index contributed by atoms with van der Waals surface area (Å²) in [6.07, 6.45) is -0.729. The number of benzene rings is 2. The fourth-order valence-corrected chi connectivity index (χ4v) is 2.49. The first-order valence-electron chi connectivity index (χ1n) is 7.36. The van der Waals surface area contributed by atoms with Gasteiger partial charge in [0, 0.05) is 14.1 Å². The number of rotatable bonds is 6. The van der Waals surface area contributed by atoms with Crippen LogP contribution < -0.4 is 11.5 Å². The maximum absolute atomic E-state index is 8.16. The lowest BCUT2D eigenvalue weighted by atomic mass is 10.1. The fourth-order valence-electron chi connectivity index (χ4n) is 1.76. The molecule has 0 heterocycles. The van der Waals surface area contributed by atoms with Gasteiger partial charge in [-0.1, -0.05) is 36.4 Å². The molecule has 4 N–H and O–H groups in total. The van der Waals surface area contributed by atoms with E-state index in [1.165, 1.54) is 0 Å². The van der Waals surface area contributed by atoms with Gasteiger partial charge in [-0.2, -0.15) is 11.8 Å². The molecule has 2 rings (SSSR count). The molecule has 2 atom stereocenters. The van der Waals surface area contributed by atoms with Gasteiger partial charge >= 0.3 is 0 Å². The van der Waals surface area contributed by atoms with Crippen LogP contribution in [-0.4, -0.2) is 11.5 Å². The standard InChI is InChI=1S/C16H20N2S/c17-15-7-3-1-5-13(15)9-11-19-12-10-14-6-2-4-8-16(14)18/h1-8H,9-12,17-18H2/i9D,10D. The number of hydrogen-bond donors (Lipinski definition) is 2. The summed E-state index contributed by atoms with van der Waals surface area (Å²) in [4.78, 5) is 0. The monoisotopic (exact) mass is 274 g/mol. The van der Waals surface area contributed by atoms with Gasteiger partial charge in [0.05, 0.1) is 0 Å². The molecular weight excluding hydrogens is 252 g/mol. The van der Waals surface area contributed by atoms with Crippen molar-refractivity contribution < 1.29 is 2.74 Å². The molecule has 2 aromatic rings. The van der Waals surface area contributed by atoms with Crippen LogP contribution >= 0.6 is 11.8 Å². The minimum atomic E-state index is -0.364. The highest BCUT2D eigenvalue weighted by molar-refractivity contribution is 7.99. The van der Waals surface area contributed by atoms with Crippen LogP contribution in [0.1, 0.15) is 13.9 Å². The summed E-state index contributed by atoms with van der Waals surface area (Å²) in [6.45, 7) is 0. The normalized spacial score (nSPS) is 15.4. The Morgan fingerprint density at radius 3 is 1.63 bits per heavy atom. The van der Waals surface area contributed by atoms with Crippen molar-refractivity contribution >= 4 is 23.1 Å². The van der Waals surface area contributed by atoms with E-state index in [-0.39, 0.29) is 12.8 Å².